The molecule has 0 N–H and O–H groups in total. The molecule has 0 radical (unpaired) electrons. The summed E-state index contributed by atoms with van der Waals surface area (Å²) >= 11 is 5.69. The average molecular weight is 221 g/mol. The second-order valence-electron chi connectivity index (χ2n) is 2.92. The van der Waals surface area contributed by atoms with E-state index in [1.807, 2.05) is 6.07 Å². The highest BCUT2D eigenvalue weighted by atomic mass is 35.5. The highest BCUT2D eigenvalue weighted by Crippen LogP contribution is 2.17. The van der Waals surface area contributed by atoms with Crippen molar-refractivity contribution < 1.29 is 4.42 Å². The lowest BCUT2D eigenvalue weighted by atomic mass is 10.4. The van der Waals surface area contributed by atoms with E-state index in [-0.39, 0.29) is 5.28 Å². The van der Waals surface area contributed by atoms with Crippen LogP contribution in [0.5, 0.6) is 0 Å². The van der Waals surface area contributed by atoms with Gasteiger partial charge >= 0.3 is 0 Å². The van der Waals surface area contributed by atoms with Gasteiger partial charge in [-0.1, -0.05) is 0 Å². The van der Waals surface area contributed by atoms with Crippen molar-refractivity contribution in [2.24, 2.45) is 0 Å². The van der Waals surface area contributed by atoms with Crippen LogP contribution in [0.25, 0.3) is 16.9 Å². The molecule has 0 atom stereocenters. The maximum absolute atomic E-state index is 5.69. The van der Waals surface area contributed by atoms with E-state index in [9.17, 15) is 0 Å². The molecule has 5 nitrogen and oxygen atoms in total. The van der Waals surface area contributed by atoms with E-state index < -0.39 is 0 Å². The Balaban J connectivity index is 2.26. The summed E-state index contributed by atoms with van der Waals surface area (Å²) in [5, 5.41) is 5.24. The molecule has 6 heteroatoms. The van der Waals surface area contributed by atoms with E-state index in [0.717, 1.165) is 5.39 Å². The molecule has 3 aromatic rings. The van der Waals surface area contributed by atoms with E-state index in [4.69, 9.17) is 16.0 Å². The molecule has 3 aromatic heterocycles. The van der Waals surface area contributed by atoms with Gasteiger partial charge < -0.3 is 4.42 Å². The van der Waals surface area contributed by atoms with Crippen LogP contribution in [-0.4, -0.2) is 19.7 Å². The summed E-state index contributed by atoms with van der Waals surface area (Å²) in [6.07, 6.45) is 4.88. The normalized spacial score (nSPS) is 11.0. The maximum Gasteiger partial charge on any atom is 0.230 e. The van der Waals surface area contributed by atoms with Crippen molar-refractivity contribution in [2.75, 3.05) is 0 Å². The summed E-state index contributed by atoms with van der Waals surface area (Å²) in [5.41, 5.74) is 0.643. The fourth-order valence-corrected chi connectivity index (χ4v) is 1.50. The zero-order valence-corrected chi connectivity index (χ0v) is 8.22. The minimum atomic E-state index is 0.183. The van der Waals surface area contributed by atoms with Gasteiger partial charge in [-0.05, 0) is 17.7 Å². The molecule has 0 unspecified atom stereocenters. The molecule has 0 bridgehead atoms. The zero-order valence-electron chi connectivity index (χ0n) is 7.46. The number of furan rings is 1. The highest BCUT2D eigenvalue weighted by Gasteiger charge is 2.08. The number of fused-ring (bicyclic) bond motifs is 1. The molecule has 0 amide bonds. The lowest BCUT2D eigenvalue weighted by Gasteiger charge is -1.98. The third-order valence-electron chi connectivity index (χ3n) is 2.01. The Morgan fingerprint density at radius 3 is 3.13 bits per heavy atom. The predicted octanol–water partition coefficient (Wildman–Crippen LogP) is 2.06. The number of hydrogen-bond acceptors (Lipinski definition) is 4. The van der Waals surface area contributed by atoms with Crippen molar-refractivity contribution in [3.8, 4) is 5.82 Å². The van der Waals surface area contributed by atoms with Crippen molar-refractivity contribution >= 4 is 22.7 Å². The average Bonchev–Trinajstić information content (AvgIpc) is 2.77. The number of rotatable bonds is 1. The van der Waals surface area contributed by atoms with Crippen LogP contribution in [0.15, 0.2) is 35.2 Å². The Bertz CT molecular complexity index is 615. The number of nitrogens with zero attached hydrogens (tertiary/aromatic N) is 4. The summed E-state index contributed by atoms with van der Waals surface area (Å²) < 4.78 is 6.85. The van der Waals surface area contributed by atoms with Gasteiger partial charge in [-0.2, -0.15) is 14.8 Å². The van der Waals surface area contributed by atoms with Gasteiger partial charge in [-0.25, -0.2) is 4.98 Å². The van der Waals surface area contributed by atoms with Gasteiger partial charge in [0.15, 0.2) is 5.82 Å². The van der Waals surface area contributed by atoms with Gasteiger partial charge in [0.2, 0.25) is 11.0 Å². The largest absolute Gasteiger partial charge is 0.446 e. The third-order valence-corrected chi connectivity index (χ3v) is 2.19. The number of aromatic nitrogens is 4. The second kappa shape index (κ2) is 3.06. The summed E-state index contributed by atoms with van der Waals surface area (Å²) in [4.78, 5) is 7.84. The molecule has 3 heterocycles. The quantitative estimate of drug-likeness (QED) is 0.589. The van der Waals surface area contributed by atoms with Gasteiger partial charge in [-0.15, -0.1) is 0 Å². The molecule has 0 saturated carbocycles. The van der Waals surface area contributed by atoms with Crippen LogP contribution >= 0.6 is 11.6 Å². The maximum atomic E-state index is 5.69. The molecular formula is C9H5ClN4O. The SMILES string of the molecule is Clc1nccc(-n2ncc3ccoc32)n1. The Morgan fingerprint density at radius 2 is 2.27 bits per heavy atom. The molecule has 0 aliphatic carbocycles. The van der Waals surface area contributed by atoms with Crippen LogP contribution in [0.2, 0.25) is 5.28 Å². The number of hydrogen-bond donors (Lipinski definition) is 0. The minimum Gasteiger partial charge on any atom is -0.446 e. The van der Waals surface area contributed by atoms with E-state index in [1.165, 1.54) is 0 Å². The van der Waals surface area contributed by atoms with E-state index in [2.05, 4.69) is 15.1 Å². The first-order chi connectivity index (χ1) is 7.34. The molecule has 74 valence electrons. The summed E-state index contributed by atoms with van der Waals surface area (Å²) in [6, 6.07) is 3.54. The van der Waals surface area contributed by atoms with Crippen LogP contribution in [0.1, 0.15) is 0 Å². The van der Waals surface area contributed by atoms with Crippen molar-refractivity contribution in [1.29, 1.82) is 0 Å². The van der Waals surface area contributed by atoms with E-state index in [0.29, 0.717) is 11.5 Å². The molecule has 0 aliphatic rings. The van der Waals surface area contributed by atoms with Gasteiger partial charge in [0.05, 0.1) is 17.8 Å². The lowest BCUT2D eigenvalue weighted by molar-refractivity contribution is 0.581. The first-order valence-corrected chi connectivity index (χ1v) is 4.62. The summed E-state index contributed by atoms with van der Waals surface area (Å²) in [6.45, 7) is 0. The van der Waals surface area contributed by atoms with Crippen LogP contribution < -0.4 is 0 Å². The molecule has 0 saturated heterocycles. The van der Waals surface area contributed by atoms with Gasteiger partial charge in [0.1, 0.15) is 0 Å². The van der Waals surface area contributed by atoms with E-state index >= 15 is 0 Å². The van der Waals surface area contributed by atoms with E-state index in [1.54, 1.807) is 29.4 Å². The van der Waals surface area contributed by atoms with Gasteiger partial charge in [0.25, 0.3) is 0 Å². The standard InChI is InChI=1S/C9H5ClN4O/c10-9-11-3-1-7(13-9)14-8-6(5-12-14)2-4-15-8/h1-5H. The first-order valence-electron chi connectivity index (χ1n) is 4.25. The van der Waals surface area contributed by atoms with Crippen LogP contribution in [-0.2, 0) is 0 Å². The predicted molar refractivity (Wildman–Crippen MR) is 53.9 cm³/mol. The van der Waals surface area contributed by atoms with Crippen molar-refractivity contribution in [2.45, 2.75) is 0 Å². The fourth-order valence-electron chi connectivity index (χ4n) is 1.36. The third kappa shape index (κ3) is 1.28. The molecule has 0 fully saturated rings. The Labute approximate surface area is 89.3 Å². The first kappa shape index (κ1) is 8.43. The number of halogens is 1. The smallest absolute Gasteiger partial charge is 0.230 e. The fraction of sp³-hybridized carbons (Fsp3) is 0. The molecule has 3 rings (SSSR count). The lowest BCUT2D eigenvalue weighted by Crippen LogP contribution is -1.99. The van der Waals surface area contributed by atoms with Gasteiger partial charge in [0, 0.05) is 12.3 Å². The van der Waals surface area contributed by atoms with Crippen LogP contribution in [0.3, 0.4) is 0 Å². The van der Waals surface area contributed by atoms with Crippen LogP contribution in [0, 0.1) is 0 Å². The van der Waals surface area contributed by atoms with Crippen molar-refractivity contribution in [3.63, 3.8) is 0 Å². The zero-order chi connectivity index (χ0) is 10.3. The highest BCUT2D eigenvalue weighted by molar-refractivity contribution is 6.28. The second-order valence-corrected chi connectivity index (χ2v) is 3.26. The molecule has 0 aromatic carbocycles. The Kier molecular flexibility index (Phi) is 1.72. The molecule has 15 heavy (non-hydrogen) atoms. The minimum absolute atomic E-state index is 0.183. The summed E-state index contributed by atoms with van der Waals surface area (Å²) in [5.74, 6) is 0.583. The Morgan fingerprint density at radius 1 is 1.33 bits per heavy atom. The Hall–Kier alpha value is -1.88. The van der Waals surface area contributed by atoms with Crippen LogP contribution in [0.4, 0.5) is 0 Å². The molecule has 0 spiro atoms. The summed E-state index contributed by atoms with van der Waals surface area (Å²) in [7, 11) is 0. The topological polar surface area (TPSA) is 56.7 Å². The molecule has 0 aliphatic heterocycles. The monoisotopic (exact) mass is 220 g/mol. The van der Waals surface area contributed by atoms with Crippen molar-refractivity contribution in [3.05, 3.63) is 36.1 Å². The van der Waals surface area contributed by atoms with Gasteiger partial charge in [-0.3, -0.25) is 0 Å². The van der Waals surface area contributed by atoms with Crippen molar-refractivity contribution in [1.82, 2.24) is 19.7 Å². The molecular weight excluding hydrogens is 216 g/mol.